The minimum atomic E-state index is -0.744. The molecule has 0 aliphatic carbocycles. The van der Waals surface area contributed by atoms with Gasteiger partial charge in [0.1, 0.15) is 0 Å². The quantitative estimate of drug-likeness (QED) is 0.399. The van der Waals surface area contributed by atoms with Crippen molar-refractivity contribution in [1.82, 2.24) is 0 Å². The van der Waals surface area contributed by atoms with Crippen LogP contribution in [0.3, 0.4) is 0 Å². The van der Waals surface area contributed by atoms with E-state index in [1.807, 2.05) is 6.07 Å². The Labute approximate surface area is 129 Å². The van der Waals surface area contributed by atoms with Crippen LogP contribution in [0.5, 0.6) is 5.75 Å². The Morgan fingerprint density at radius 3 is 2.48 bits per heavy atom. The fourth-order valence-electron chi connectivity index (χ4n) is 1.91. The SMILES string of the molecule is N#CC(=Cc1ccc(O)c([N+](=O)[O-])c1)c1cccc([N+](=O)[O-])c1. The Morgan fingerprint density at radius 1 is 1.13 bits per heavy atom. The number of aromatic hydroxyl groups is 1. The molecule has 114 valence electrons. The zero-order valence-corrected chi connectivity index (χ0v) is 11.5. The van der Waals surface area contributed by atoms with Crippen molar-refractivity contribution in [2.75, 3.05) is 0 Å². The highest BCUT2D eigenvalue weighted by Crippen LogP contribution is 2.28. The summed E-state index contributed by atoms with van der Waals surface area (Å²) in [7, 11) is 0. The molecule has 0 amide bonds. The van der Waals surface area contributed by atoms with Crippen LogP contribution in [0, 0.1) is 31.6 Å². The summed E-state index contributed by atoms with van der Waals surface area (Å²) < 4.78 is 0. The second kappa shape index (κ2) is 6.36. The molecule has 0 bridgehead atoms. The van der Waals surface area contributed by atoms with Crippen LogP contribution in [-0.2, 0) is 0 Å². The van der Waals surface area contributed by atoms with Crippen molar-refractivity contribution in [2.24, 2.45) is 0 Å². The summed E-state index contributed by atoms with van der Waals surface area (Å²) in [4.78, 5) is 20.3. The summed E-state index contributed by atoms with van der Waals surface area (Å²) in [5, 5.41) is 40.2. The fourth-order valence-corrected chi connectivity index (χ4v) is 1.91. The van der Waals surface area contributed by atoms with Crippen LogP contribution in [0.1, 0.15) is 11.1 Å². The first kappa shape index (κ1) is 15.7. The van der Waals surface area contributed by atoms with Gasteiger partial charge in [0.15, 0.2) is 5.75 Å². The van der Waals surface area contributed by atoms with E-state index < -0.39 is 21.3 Å². The summed E-state index contributed by atoms with van der Waals surface area (Å²) in [6.07, 6.45) is 1.35. The molecule has 0 aliphatic rings. The number of allylic oxidation sites excluding steroid dienone is 1. The normalized spacial score (nSPS) is 10.8. The first-order chi connectivity index (χ1) is 10.9. The van der Waals surface area contributed by atoms with Crippen molar-refractivity contribution in [3.8, 4) is 11.8 Å². The van der Waals surface area contributed by atoms with E-state index in [1.54, 1.807) is 0 Å². The summed E-state index contributed by atoms with van der Waals surface area (Å²) in [5.74, 6) is -0.485. The van der Waals surface area contributed by atoms with Gasteiger partial charge in [-0.3, -0.25) is 20.2 Å². The second-order valence-electron chi connectivity index (χ2n) is 4.48. The molecule has 0 spiro atoms. The lowest BCUT2D eigenvalue weighted by Crippen LogP contribution is -1.91. The molecule has 0 saturated heterocycles. The van der Waals surface area contributed by atoms with Crippen molar-refractivity contribution in [1.29, 1.82) is 5.26 Å². The van der Waals surface area contributed by atoms with Crippen molar-refractivity contribution in [3.05, 3.63) is 73.8 Å². The first-order valence-corrected chi connectivity index (χ1v) is 6.26. The Morgan fingerprint density at radius 2 is 1.87 bits per heavy atom. The molecule has 0 radical (unpaired) electrons. The van der Waals surface area contributed by atoms with E-state index in [1.165, 1.54) is 36.4 Å². The number of rotatable bonds is 4. The van der Waals surface area contributed by atoms with Gasteiger partial charge in [-0.05, 0) is 23.3 Å². The summed E-state index contributed by atoms with van der Waals surface area (Å²) in [6, 6.07) is 11.1. The topological polar surface area (TPSA) is 130 Å². The highest BCUT2D eigenvalue weighted by Gasteiger charge is 2.14. The van der Waals surface area contributed by atoms with Crippen LogP contribution >= 0.6 is 0 Å². The standard InChI is InChI=1S/C15H9N3O5/c16-9-12(11-2-1-3-13(8-11)17(20)21)6-10-4-5-15(19)14(7-10)18(22)23/h1-8,19H. The summed E-state index contributed by atoms with van der Waals surface area (Å²) in [6.45, 7) is 0. The summed E-state index contributed by atoms with van der Waals surface area (Å²) >= 11 is 0. The van der Waals surface area contributed by atoms with E-state index >= 15 is 0 Å². The van der Waals surface area contributed by atoms with Gasteiger partial charge < -0.3 is 5.11 Å². The predicted octanol–water partition coefficient (Wildman–Crippen LogP) is 3.27. The van der Waals surface area contributed by atoms with Crippen LogP contribution in [-0.4, -0.2) is 15.0 Å². The predicted molar refractivity (Wildman–Crippen MR) is 81.3 cm³/mol. The lowest BCUT2D eigenvalue weighted by Gasteiger charge is -2.01. The average Bonchev–Trinajstić information content (AvgIpc) is 2.53. The minimum Gasteiger partial charge on any atom is -0.502 e. The van der Waals surface area contributed by atoms with Gasteiger partial charge in [0, 0.05) is 18.2 Å². The number of hydrogen-bond donors (Lipinski definition) is 1. The van der Waals surface area contributed by atoms with Crippen LogP contribution in [0.15, 0.2) is 42.5 Å². The maximum Gasteiger partial charge on any atom is 0.311 e. The number of phenols is 1. The average molecular weight is 311 g/mol. The Bertz CT molecular complexity index is 868. The van der Waals surface area contributed by atoms with Gasteiger partial charge in [0.25, 0.3) is 5.69 Å². The van der Waals surface area contributed by atoms with E-state index in [4.69, 9.17) is 0 Å². The summed E-state index contributed by atoms with van der Waals surface area (Å²) in [5.41, 5.74) is 0.0825. The third-order valence-corrected chi connectivity index (χ3v) is 3.00. The van der Waals surface area contributed by atoms with Crippen molar-refractivity contribution < 1.29 is 15.0 Å². The zero-order chi connectivity index (χ0) is 17.0. The van der Waals surface area contributed by atoms with Gasteiger partial charge in [-0.2, -0.15) is 5.26 Å². The number of benzene rings is 2. The van der Waals surface area contributed by atoms with Gasteiger partial charge >= 0.3 is 5.69 Å². The van der Waals surface area contributed by atoms with Gasteiger partial charge in [0.2, 0.25) is 0 Å². The van der Waals surface area contributed by atoms with E-state index in [2.05, 4.69) is 0 Å². The number of hydrogen-bond acceptors (Lipinski definition) is 6. The molecule has 0 atom stereocenters. The van der Waals surface area contributed by atoms with Crippen LogP contribution in [0.25, 0.3) is 11.6 Å². The molecule has 0 aliphatic heterocycles. The fraction of sp³-hybridized carbons (Fsp3) is 0. The molecule has 23 heavy (non-hydrogen) atoms. The second-order valence-corrected chi connectivity index (χ2v) is 4.48. The van der Waals surface area contributed by atoms with E-state index in [-0.39, 0.29) is 11.3 Å². The molecule has 0 heterocycles. The minimum absolute atomic E-state index is 0.105. The van der Waals surface area contributed by atoms with E-state index in [9.17, 15) is 30.6 Å². The molecule has 2 aromatic rings. The number of non-ortho nitro benzene ring substituents is 1. The van der Waals surface area contributed by atoms with Crippen LogP contribution < -0.4 is 0 Å². The lowest BCUT2D eigenvalue weighted by atomic mass is 10.0. The molecule has 0 saturated carbocycles. The smallest absolute Gasteiger partial charge is 0.311 e. The Balaban J connectivity index is 2.50. The van der Waals surface area contributed by atoms with Crippen LogP contribution in [0.2, 0.25) is 0 Å². The third-order valence-electron chi connectivity index (χ3n) is 3.00. The molecular weight excluding hydrogens is 302 g/mol. The van der Waals surface area contributed by atoms with Gasteiger partial charge in [-0.15, -0.1) is 0 Å². The number of nitro benzene ring substituents is 2. The molecule has 0 aromatic heterocycles. The van der Waals surface area contributed by atoms with Crippen molar-refractivity contribution in [3.63, 3.8) is 0 Å². The molecule has 0 fully saturated rings. The maximum atomic E-state index is 10.8. The van der Waals surface area contributed by atoms with E-state index in [0.717, 1.165) is 12.1 Å². The van der Waals surface area contributed by atoms with E-state index in [0.29, 0.717) is 11.1 Å². The zero-order valence-electron chi connectivity index (χ0n) is 11.5. The molecule has 8 heteroatoms. The van der Waals surface area contributed by atoms with Crippen molar-refractivity contribution >= 4 is 23.0 Å². The number of phenolic OH excluding ortho intramolecular Hbond substituents is 1. The molecule has 2 rings (SSSR count). The molecular formula is C15H9N3O5. The number of nitro groups is 2. The van der Waals surface area contributed by atoms with Gasteiger partial charge in [-0.25, -0.2) is 0 Å². The molecule has 1 N–H and O–H groups in total. The van der Waals surface area contributed by atoms with Crippen molar-refractivity contribution in [2.45, 2.75) is 0 Å². The van der Waals surface area contributed by atoms with Crippen LogP contribution in [0.4, 0.5) is 11.4 Å². The lowest BCUT2D eigenvalue weighted by molar-refractivity contribution is -0.385. The Kier molecular flexibility index (Phi) is 4.33. The largest absolute Gasteiger partial charge is 0.502 e. The monoisotopic (exact) mass is 311 g/mol. The van der Waals surface area contributed by atoms with Gasteiger partial charge in [-0.1, -0.05) is 18.2 Å². The highest BCUT2D eigenvalue weighted by molar-refractivity contribution is 5.90. The Hall–Kier alpha value is -3.73. The van der Waals surface area contributed by atoms with Gasteiger partial charge in [0.05, 0.1) is 21.5 Å². The molecule has 2 aromatic carbocycles. The highest BCUT2D eigenvalue weighted by atomic mass is 16.6. The molecule has 0 unspecified atom stereocenters. The number of nitrogens with zero attached hydrogens (tertiary/aromatic N) is 3. The molecule has 8 nitrogen and oxygen atoms in total. The third kappa shape index (κ3) is 3.48. The maximum absolute atomic E-state index is 10.8. The first-order valence-electron chi connectivity index (χ1n) is 6.26. The number of nitriles is 1.